The van der Waals surface area contributed by atoms with E-state index in [2.05, 4.69) is 10.3 Å². The summed E-state index contributed by atoms with van der Waals surface area (Å²) in [7, 11) is 1.77. The monoisotopic (exact) mass is 358 g/mol. The molecular formula is C19H26N4O3. The maximum Gasteiger partial charge on any atom is 0.224 e. The van der Waals surface area contributed by atoms with E-state index in [1.165, 1.54) is 0 Å². The molecule has 0 saturated heterocycles. The molecule has 2 heterocycles. The predicted molar refractivity (Wildman–Crippen MR) is 96.0 cm³/mol. The summed E-state index contributed by atoms with van der Waals surface area (Å²) in [5.41, 5.74) is 2.94. The maximum absolute atomic E-state index is 12.6. The van der Waals surface area contributed by atoms with E-state index in [1.54, 1.807) is 23.6 Å². The number of amides is 1. The third-order valence-corrected chi connectivity index (χ3v) is 4.95. The van der Waals surface area contributed by atoms with Crippen LogP contribution < -0.4 is 0 Å². The minimum atomic E-state index is -0.129. The predicted octanol–water partition coefficient (Wildman–Crippen LogP) is 3.18. The Labute approximate surface area is 153 Å². The van der Waals surface area contributed by atoms with Gasteiger partial charge in [-0.2, -0.15) is 5.10 Å². The van der Waals surface area contributed by atoms with Gasteiger partial charge in [0, 0.05) is 31.1 Å². The molecule has 1 fully saturated rings. The number of aryl methyl sites for hydroxylation is 1. The van der Waals surface area contributed by atoms with Crippen molar-refractivity contribution in [3.63, 3.8) is 0 Å². The van der Waals surface area contributed by atoms with Crippen LogP contribution in [0, 0.1) is 13.8 Å². The molecular weight excluding hydrogens is 332 g/mol. The first-order valence-electron chi connectivity index (χ1n) is 9.04. The SMILES string of the molecule is CC(=O)c1c(C)nn(C(C)CC(=O)N(C)Cc2cc(C3CC3)on2)c1C. The third kappa shape index (κ3) is 3.71. The van der Waals surface area contributed by atoms with Crippen molar-refractivity contribution in [2.75, 3.05) is 7.05 Å². The van der Waals surface area contributed by atoms with Gasteiger partial charge in [-0.15, -0.1) is 0 Å². The Balaban J connectivity index is 1.62. The average Bonchev–Trinajstić information content (AvgIpc) is 3.23. The van der Waals surface area contributed by atoms with Gasteiger partial charge in [0.05, 0.1) is 23.8 Å². The number of carbonyl (C=O) groups excluding carboxylic acids is 2. The highest BCUT2D eigenvalue weighted by molar-refractivity contribution is 5.96. The van der Waals surface area contributed by atoms with Crippen molar-refractivity contribution in [1.29, 1.82) is 0 Å². The second kappa shape index (κ2) is 7.05. The molecule has 1 atom stereocenters. The van der Waals surface area contributed by atoms with Crippen molar-refractivity contribution in [2.24, 2.45) is 0 Å². The molecule has 2 aromatic heterocycles. The Morgan fingerprint density at radius 2 is 2.08 bits per heavy atom. The highest BCUT2D eigenvalue weighted by atomic mass is 16.5. The highest BCUT2D eigenvalue weighted by Crippen LogP contribution is 2.40. The van der Waals surface area contributed by atoms with E-state index in [1.807, 2.05) is 26.8 Å². The zero-order valence-corrected chi connectivity index (χ0v) is 16.1. The summed E-state index contributed by atoms with van der Waals surface area (Å²) in [5, 5.41) is 8.52. The number of nitrogens with zero attached hydrogens (tertiary/aromatic N) is 4. The molecule has 26 heavy (non-hydrogen) atoms. The molecule has 1 saturated carbocycles. The number of aromatic nitrogens is 3. The summed E-state index contributed by atoms with van der Waals surface area (Å²) in [6, 6.07) is 1.82. The van der Waals surface area contributed by atoms with Crippen molar-refractivity contribution < 1.29 is 14.1 Å². The van der Waals surface area contributed by atoms with Gasteiger partial charge < -0.3 is 9.42 Å². The first-order valence-corrected chi connectivity index (χ1v) is 9.04. The summed E-state index contributed by atoms with van der Waals surface area (Å²) in [6.07, 6.45) is 2.63. The Morgan fingerprint density at radius 1 is 1.38 bits per heavy atom. The van der Waals surface area contributed by atoms with Crippen LogP contribution in [0.25, 0.3) is 0 Å². The first kappa shape index (κ1) is 18.4. The Kier molecular flexibility index (Phi) is 4.98. The molecule has 0 aromatic carbocycles. The topological polar surface area (TPSA) is 81.2 Å². The molecule has 0 aliphatic heterocycles. The maximum atomic E-state index is 12.6. The standard InChI is InChI=1S/C19H26N4O3/c1-11(23-13(3)19(14(4)24)12(2)20-23)8-18(25)22(5)10-16-9-17(26-21-16)15-6-7-15/h9,11,15H,6-8,10H2,1-5H3. The van der Waals surface area contributed by atoms with Crippen LogP contribution in [-0.2, 0) is 11.3 Å². The largest absolute Gasteiger partial charge is 0.361 e. The molecule has 1 aliphatic carbocycles. The third-order valence-electron chi connectivity index (χ3n) is 4.95. The minimum absolute atomic E-state index is 0.000561. The van der Waals surface area contributed by atoms with Crippen LogP contribution in [0.5, 0.6) is 0 Å². The summed E-state index contributed by atoms with van der Waals surface area (Å²) in [6.45, 7) is 7.60. The fourth-order valence-corrected chi connectivity index (χ4v) is 3.39. The lowest BCUT2D eigenvalue weighted by Crippen LogP contribution is -2.28. The van der Waals surface area contributed by atoms with Gasteiger partial charge in [-0.3, -0.25) is 14.3 Å². The van der Waals surface area contributed by atoms with E-state index >= 15 is 0 Å². The van der Waals surface area contributed by atoms with Gasteiger partial charge in [-0.1, -0.05) is 5.16 Å². The van der Waals surface area contributed by atoms with Gasteiger partial charge in [-0.05, 0) is 40.5 Å². The van der Waals surface area contributed by atoms with Crippen LogP contribution in [0.4, 0.5) is 0 Å². The molecule has 0 radical (unpaired) electrons. The van der Waals surface area contributed by atoms with Crippen molar-refractivity contribution in [3.05, 3.63) is 34.5 Å². The first-order chi connectivity index (χ1) is 12.3. The number of hydrogen-bond donors (Lipinski definition) is 0. The zero-order valence-electron chi connectivity index (χ0n) is 16.1. The van der Waals surface area contributed by atoms with Crippen molar-refractivity contribution in [1.82, 2.24) is 19.8 Å². The number of Topliss-reactive ketones (excluding diaryl/α,β-unsaturated/α-hetero) is 1. The van der Waals surface area contributed by atoms with Gasteiger partial charge >= 0.3 is 0 Å². The summed E-state index contributed by atoms with van der Waals surface area (Å²) < 4.78 is 7.12. The smallest absolute Gasteiger partial charge is 0.224 e. The fourth-order valence-electron chi connectivity index (χ4n) is 3.39. The summed E-state index contributed by atoms with van der Waals surface area (Å²) in [4.78, 5) is 26.0. The van der Waals surface area contributed by atoms with E-state index in [0.29, 0.717) is 30.1 Å². The summed E-state index contributed by atoms with van der Waals surface area (Å²) in [5.74, 6) is 1.44. The van der Waals surface area contributed by atoms with E-state index in [4.69, 9.17) is 4.52 Å². The quantitative estimate of drug-likeness (QED) is 0.710. The minimum Gasteiger partial charge on any atom is -0.361 e. The zero-order chi connectivity index (χ0) is 19.0. The average molecular weight is 358 g/mol. The number of rotatable bonds is 7. The van der Waals surface area contributed by atoms with E-state index < -0.39 is 0 Å². The second-order valence-electron chi connectivity index (χ2n) is 7.34. The van der Waals surface area contributed by atoms with Crippen LogP contribution in [-0.4, -0.2) is 38.6 Å². The van der Waals surface area contributed by atoms with Gasteiger partial charge in [0.2, 0.25) is 5.91 Å². The van der Waals surface area contributed by atoms with Crippen LogP contribution in [0.15, 0.2) is 10.6 Å². The molecule has 1 aliphatic rings. The van der Waals surface area contributed by atoms with E-state index in [-0.39, 0.29) is 17.7 Å². The molecule has 0 spiro atoms. The lowest BCUT2D eigenvalue weighted by Gasteiger charge is -2.19. The van der Waals surface area contributed by atoms with Gasteiger partial charge in [0.25, 0.3) is 0 Å². The fraction of sp³-hybridized carbons (Fsp3) is 0.579. The number of carbonyl (C=O) groups is 2. The molecule has 1 unspecified atom stereocenters. The van der Waals surface area contributed by atoms with Crippen LogP contribution in [0.2, 0.25) is 0 Å². The molecule has 7 nitrogen and oxygen atoms in total. The normalized spacial score (nSPS) is 15.1. The molecule has 7 heteroatoms. The molecule has 0 bridgehead atoms. The van der Waals surface area contributed by atoms with Gasteiger partial charge in [0.15, 0.2) is 5.78 Å². The Hall–Kier alpha value is -2.44. The van der Waals surface area contributed by atoms with E-state index in [0.717, 1.165) is 30.0 Å². The molecule has 0 N–H and O–H groups in total. The van der Waals surface area contributed by atoms with Gasteiger partial charge in [-0.25, -0.2) is 0 Å². The van der Waals surface area contributed by atoms with Crippen LogP contribution in [0.1, 0.15) is 78.3 Å². The molecule has 3 rings (SSSR count). The molecule has 2 aromatic rings. The van der Waals surface area contributed by atoms with Gasteiger partial charge in [0.1, 0.15) is 11.5 Å². The lowest BCUT2D eigenvalue weighted by molar-refractivity contribution is -0.131. The second-order valence-corrected chi connectivity index (χ2v) is 7.34. The number of ketones is 1. The highest BCUT2D eigenvalue weighted by Gasteiger charge is 2.28. The van der Waals surface area contributed by atoms with Crippen molar-refractivity contribution in [2.45, 2.75) is 65.5 Å². The van der Waals surface area contributed by atoms with Crippen molar-refractivity contribution in [3.8, 4) is 0 Å². The Bertz CT molecular complexity index is 832. The number of hydrogen-bond acceptors (Lipinski definition) is 5. The van der Waals surface area contributed by atoms with Crippen LogP contribution >= 0.6 is 0 Å². The summed E-state index contributed by atoms with van der Waals surface area (Å²) >= 11 is 0. The lowest BCUT2D eigenvalue weighted by atomic mass is 10.1. The molecule has 1 amide bonds. The molecule has 140 valence electrons. The van der Waals surface area contributed by atoms with Crippen molar-refractivity contribution >= 4 is 11.7 Å². The Morgan fingerprint density at radius 3 is 2.65 bits per heavy atom. The van der Waals surface area contributed by atoms with E-state index in [9.17, 15) is 9.59 Å². The van der Waals surface area contributed by atoms with Crippen LogP contribution in [0.3, 0.4) is 0 Å².